The van der Waals surface area contributed by atoms with Crippen molar-refractivity contribution in [3.05, 3.63) is 54.3 Å². The van der Waals surface area contributed by atoms with Gasteiger partial charge in [0.2, 0.25) is 11.8 Å². The van der Waals surface area contributed by atoms with Crippen LogP contribution in [0.4, 0.5) is 0 Å². The Kier molecular flexibility index (Phi) is 6.26. The number of rotatable bonds is 9. The highest BCUT2D eigenvalue weighted by molar-refractivity contribution is 7.99. The van der Waals surface area contributed by atoms with Gasteiger partial charge in [0.15, 0.2) is 5.76 Å². The number of hydrogen-bond acceptors (Lipinski definition) is 7. The molecule has 0 spiro atoms. The van der Waals surface area contributed by atoms with Gasteiger partial charge in [-0.15, -0.1) is 10.2 Å². The lowest BCUT2D eigenvalue weighted by Gasteiger charge is -2.22. The summed E-state index contributed by atoms with van der Waals surface area (Å²) in [5, 5.41) is 8.06. The highest BCUT2D eigenvalue weighted by atomic mass is 32.2. The van der Waals surface area contributed by atoms with Gasteiger partial charge in [0, 0.05) is 19.5 Å². The van der Waals surface area contributed by atoms with Crippen molar-refractivity contribution in [3.8, 4) is 11.7 Å². The van der Waals surface area contributed by atoms with Crippen molar-refractivity contribution >= 4 is 23.6 Å². The molecule has 0 bridgehead atoms. The van der Waals surface area contributed by atoms with Crippen LogP contribution in [0.15, 0.2) is 62.8 Å². The number of nitrogens with two attached hydrogens (primary N) is 1. The SMILES string of the molecule is NC(=O)CCN(Cc1ccccc1)C(=O)CSc1nnc(-c2ccco2)o1. The maximum absolute atomic E-state index is 12.6. The van der Waals surface area contributed by atoms with Crippen molar-refractivity contribution < 1.29 is 18.4 Å². The predicted molar refractivity (Wildman–Crippen MR) is 98.4 cm³/mol. The van der Waals surface area contributed by atoms with Gasteiger partial charge in [0.1, 0.15) is 0 Å². The zero-order valence-electron chi connectivity index (χ0n) is 14.4. The van der Waals surface area contributed by atoms with Crippen molar-refractivity contribution in [2.75, 3.05) is 12.3 Å². The largest absolute Gasteiger partial charge is 0.459 e. The summed E-state index contributed by atoms with van der Waals surface area (Å²) in [6.45, 7) is 0.653. The lowest BCUT2D eigenvalue weighted by Crippen LogP contribution is -2.34. The molecule has 2 heterocycles. The summed E-state index contributed by atoms with van der Waals surface area (Å²) in [6, 6.07) is 13.0. The van der Waals surface area contributed by atoms with Crippen molar-refractivity contribution in [2.24, 2.45) is 5.73 Å². The summed E-state index contributed by atoms with van der Waals surface area (Å²) in [4.78, 5) is 25.3. The summed E-state index contributed by atoms with van der Waals surface area (Å²) >= 11 is 1.13. The third kappa shape index (κ3) is 5.45. The van der Waals surface area contributed by atoms with Gasteiger partial charge in [-0.2, -0.15) is 0 Å². The van der Waals surface area contributed by atoms with Crippen LogP contribution in [-0.4, -0.2) is 39.2 Å². The molecule has 3 rings (SSSR count). The number of nitrogens with zero attached hydrogens (tertiary/aromatic N) is 3. The quantitative estimate of drug-likeness (QED) is 0.561. The minimum atomic E-state index is -0.450. The monoisotopic (exact) mass is 386 g/mol. The Hall–Kier alpha value is -3.07. The molecular formula is C18H18N4O4S. The van der Waals surface area contributed by atoms with Crippen LogP contribution >= 0.6 is 11.8 Å². The number of aromatic nitrogens is 2. The van der Waals surface area contributed by atoms with Crippen LogP contribution in [0.2, 0.25) is 0 Å². The Balaban J connectivity index is 1.60. The lowest BCUT2D eigenvalue weighted by molar-refractivity contribution is -0.129. The highest BCUT2D eigenvalue weighted by Crippen LogP contribution is 2.23. The summed E-state index contributed by atoms with van der Waals surface area (Å²) in [6.07, 6.45) is 1.61. The average Bonchev–Trinajstić information content (AvgIpc) is 3.35. The number of benzene rings is 1. The van der Waals surface area contributed by atoms with Gasteiger partial charge in [-0.3, -0.25) is 9.59 Å². The van der Waals surface area contributed by atoms with Crippen LogP contribution in [0.3, 0.4) is 0 Å². The number of carbonyl (C=O) groups is 2. The maximum Gasteiger partial charge on any atom is 0.284 e. The number of primary amides is 1. The predicted octanol–water partition coefficient (Wildman–Crippen LogP) is 2.33. The lowest BCUT2D eigenvalue weighted by atomic mass is 10.2. The topological polar surface area (TPSA) is 115 Å². The maximum atomic E-state index is 12.6. The number of carbonyl (C=O) groups excluding carboxylic acids is 2. The fourth-order valence-electron chi connectivity index (χ4n) is 2.32. The van der Waals surface area contributed by atoms with E-state index in [1.807, 2.05) is 30.3 Å². The van der Waals surface area contributed by atoms with E-state index in [2.05, 4.69) is 10.2 Å². The molecule has 0 saturated heterocycles. The van der Waals surface area contributed by atoms with Crippen molar-refractivity contribution in [3.63, 3.8) is 0 Å². The first-order valence-electron chi connectivity index (χ1n) is 8.22. The van der Waals surface area contributed by atoms with E-state index in [4.69, 9.17) is 14.6 Å². The van der Waals surface area contributed by atoms with Crippen LogP contribution < -0.4 is 5.73 Å². The molecule has 0 radical (unpaired) electrons. The summed E-state index contributed by atoms with van der Waals surface area (Å²) in [5.41, 5.74) is 6.19. The Labute approximate surface area is 159 Å². The second-order valence-electron chi connectivity index (χ2n) is 5.66. The van der Waals surface area contributed by atoms with E-state index in [1.54, 1.807) is 17.0 Å². The molecule has 2 amide bonds. The number of amides is 2. The molecule has 0 aliphatic heterocycles. The molecule has 140 valence electrons. The van der Waals surface area contributed by atoms with Gasteiger partial charge in [-0.1, -0.05) is 42.1 Å². The minimum Gasteiger partial charge on any atom is -0.459 e. The van der Waals surface area contributed by atoms with Crippen molar-refractivity contribution in [1.29, 1.82) is 0 Å². The Morgan fingerprint density at radius 1 is 1.11 bits per heavy atom. The van der Waals surface area contributed by atoms with Gasteiger partial charge in [0.25, 0.3) is 11.1 Å². The van der Waals surface area contributed by atoms with E-state index in [0.717, 1.165) is 17.3 Å². The van der Waals surface area contributed by atoms with Gasteiger partial charge in [-0.25, -0.2) is 0 Å². The third-order valence-electron chi connectivity index (χ3n) is 3.65. The molecule has 8 nitrogen and oxygen atoms in total. The van der Waals surface area contributed by atoms with Crippen LogP contribution in [0.5, 0.6) is 0 Å². The smallest absolute Gasteiger partial charge is 0.284 e. The first-order chi connectivity index (χ1) is 13.1. The fraction of sp³-hybridized carbons (Fsp3) is 0.222. The van der Waals surface area contributed by atoms with Crippen LogP contribution in [-0.2, 0) is 16.1 Å². The van der Waals surface area contributed by atoms with E-state index < -0.39 is 5.91 Å². The molecule has 2 aromatic heterocycles. The fourth-order valence-corrected chi connectivity index (χ4v) is 2.99. The summed E-state index contributed by atoms with van der Waals surface area (Å²) in [5.74, 6) is 0.222. The normalized spacial score (nSPS) is 10.7. The molecule has 0 fully saturated rings. The van der Waals surface area contributed by atoms with Crippen LogP contribution in [0.1, 0.15) is 12.0 Å². The first kappa shape index (κ1) is 18.7. The van der Waals surface area contributed by atoms with Crippen LogP contribution in [0, 0.1) is 0 Å². The van der Waals surface area contributed by atoms with E-state index in [1.165, 1.54) is 6.26 Å². The zero-order chi connectivity index (χ0) is 19.1. The molecule has 3 aromatic rings. The number of furan rings is 1. The molecule has 27 heavy (non-hydrogen) atoms. The molecular weight excluding hydrogens is 368 g/mol. The molecule has 0 atom stereocenters. The Morgan fingerprint density at radius 3 is 2.63 bits per heavy atom. The van der Waals surface area contributed by atoms with Gasteiger partial charge < -0.3 is 19.5 Å². The highest BCUT2D eigenvalue weighted by Gasteiger charge is 2.18. The van der Waals surface area contributed by atoms with Gasteiger partial charge in [0.05, 0.1) is 12.0 Å². The second-order valence-corrected chi connectivity index (χ2v) is 6.58. The summed E-state index contributed by atoms with van der Waals surface area (Å²) in [7, 11) is 0. The zero-order valence-corrected chi connectivity index (χ0v) is 15.2. The molecule has 9 heteroatoms. The minimum absolute atomic E-state index is 0.103. The molecule has 1 aromatic carbocycles. The van der Waals surface area contributed by atoms with Crippen molar-refractivity contribution in [1.82, 2.24) is 15.1 Å². The summed E-state index contributed by atoms with van der Waals surface area (Å²) < 4.78 is 10.7. The standard InChI is InChI=1S/C18H18N4O4S/c19-15(23)8-9-22(11-13-5-2-1-3-6-13)16(24)12-27-18-21-20-17(26-18)14-7-4-10-25-14/h1-7,10H,8-9,11-12H2,(H2,19,23). The molecule has 2 N–H and O–H groups in total. The number of hydrogen-bond donors (Lipinski definition) is 1. The molecule has 0 aliphatic carbocycles. The van der Waals surface area contributed by atoms with E-state index in [-0.39, 0.29) is 35.7 Å². The Bertz CT molecular complexity index is 880. The van der Waals surface area contributed by atoms with Gasteiger partial charge >= 0.3 is 0 Å². The number of thioether (sulfide) groups is 1. The second kappa shape index (κ2) is 9.04. The van der Waals surface area contributed by atoms with Crippen LogP contribution in [0.25, 0.3) is 11.7 Å². The first-order valence-corrected chi connectivity index (χ1v) is 9.20. The molecule has 0 unspecified atom stereocenters. The van der Waals surface area contributed by atoms with Crippen molar-refractivity contribution in [2.45, 2.75) is 18.2 Å². The van der Waals surface area contributed by atoms with Gasteiger partial charge in [-0.05, 0) is 17.7 Å². The van der Waals surface area contributed by atoms with E-state index >= 15 is 0 Å². The molecule has 0 saturated carbocycles. The average molecular weight is 386 g/mol. The van der Waals surface area contributed by atoms with E-state index in [9.17, 15) is 9.59 Å². The Morgan fingerprint density at radius 2 is 1.93 bits per heavy atom. The third-order valence-corrected chi connectivity index (χ3v) is 4.46. The van der Waals surface area contributed by atoms with E-state index in [0.29, 0.717) is 12.3 Å². The molecule has 0 aliphatic rings.